The Bertz CT molecular complexity index is 354. The highest BCUT2D eigenvalue weighted by Crippen LogP contribution is 2.32. The Labute approximate surface area is 105 Å². The molecular weight excluding hydrogens is 208 g/mol. The number of aromatic amines is 1. The predicted octanol–water partition coefficient (Wildman–Crippen LogP) is 4.53. The molecule has 1 heterocycles. The van der Waals surface area contributed by atoms with E-state index in [2.05, 4.69) is 25.8 Å². The van der Waals surface area contributed by atoms with Crippen molar-refractivity contribution in [3.05, 3.63) is 17.2 Å². The fourth-order valence-electron chi connectivity index (χ4n) is 2.94. The second kappa shape index (κ2) is 5.70. The van der Waals surface area contributed by atoms with Gasteiger partial charge in [-0.1, -0.05) is 33.6 Å². The second-order valence-corrected chi connectivity index (χ2v) is 5.53. The Hall–Kier alpha value is -0.790. The molecule has 0 spiro atoms. The molecule has 2 atom stereocenters. The number of aromatic nitrogens is 2. The van der Waals surface area contributed by atoms with E-state index >= 15 is 0 Å². The lowest BCUT2D eigenvalue weighted by Gasteiger charge is -2.15. The standard InChI is InChI=1S/C15H26N2/c1-4-6-9-12(5-2)15-16-13-10-7-8-11(3)14(13)17-15/h11-12H,4-10H2,1-3H3,(H,16,17). The largest absolute Gasteiger partial charge is 0.345 e. The van der Waals surface area contributed by atoms with Gasteiger partial charge in [-0.25, -0.2) is 4.98 Å². The molecule has 1 aromatic rings. The van der Waals surface area contributed by atoms with Gasteiger partial charge in [0.25, 0.3) is 0 Å². The zero-order valence-corrected chi connectivity index (χ0v) is 11.6. The minimum atomic E-state index is 0.646. The van der Waals surface area contributed by atoms with E-state index in [1.807, 2.05) is 0 Å². The normalized spacial score (nSPS) is 21.2. The summed E-state index contributed by atoms with van der Waals surface area (Å²) in [4.78, 5) is 8.51. The summed E-state index contributed by atoms with van der Waals surface area (Å²) in [5.74, 6) is 2.57. The van der Waals surface area contributed by atoms with Gasteiger partial charge in [0.15, 0.2) is 0 Å². The van der Waals surface area contributed by atoms with E-state index < -0.39 is 0 Å². The lowest BCUT2D eigenvalue weighted by Crippen LogP contribution is -2.05. The van der Waals surface area contributed by atoms with E-state index in [0.717, 1.165) is 0 Å². The first-order valence-corrected chi connectivity index (χ1v) is 7.34. The molecule has 2 nitrogen and oxygen atoms in total. The molecule has 0 bridgehead atoms. The van der Waals surface area contributed by atoms with Gasteiger partial charge in [-0.3, -0.25) is 0 Å². The number of aryl methyl sites for hydroxylation is 1. The zero-order chi connectivity index (χ0) is 12.3. The van der Waals surface area contributed by atoms with Gasteiger partial charge >= 0.3 is 0 Å². The van der Waals surface area contributed by atoms with E-state index in [4.69, 9.17) is 4.98 Å². The molecule has 0 aliphatic heterocycles. The minimum absolute atomic E-state index is 0.646. The molecule has 0 amide bonds. The molecule has 2 rings (SSSR count). The van der Waals surface area contributed by atoms with E-state index in [-0.39, 0.29) is 0 Å². The molecule has 17 heavy (non-hydrogen) atoms. The summed E-state index contributed by atoms with van der Waals surface area (Å²) in [6.45, 7) is 6.86. The summed E-state index contributed by atoms with van der Waals surface area (Å²) in [6, 6.07) is 0. The number of nitrogens with zero attached hydrogens (tertiary/aromatic N) is 1. The van der Waals surface area contributed by atoms with E-state index in [0.29, 0.717) is 11.8 Å². The van der Waals surface area contributed by atoms with Crippen molar-refractivity contribution in [2.75, 3.05) is 0 Å². The summed E-state index contributed by atoms with van der Waals surface area (Å²) < 4.78 is 0. The SMILES string of the molecule is CCCCC(CC)c1nc2c([nH]1)CCCC2C. The predicted molar refractivity (Wildman–Crippen MR) is 72.5 cm³/mol. The molecule has 0 aromatic carbocycles. The fourth-order valence-corrected chi connectivity index (χ4v) is 2.94. The summed E-state index contributed by atoms with van der Waals surface area (Å²) in [5.41, 5.74) is 2.79. The van der Waals surface area contributed by atoms with Gasteiger partial charge < -0.3 is 4.98 Å². The van der Waals surface area contributed by atoms with Crippen molar-refractivity contribution in [1.82, 2.24) is 9.97 Å². The van der Waals surface area contributed by atoms with Gasteiger partial charge in [0, 0.05) is 17.5 Å². The van der Waals surface area contributed by atoms with E-state index in [1.165, 1.54) is 62.2 Å². The van der Waals surface area contributed by atoms with Gasteiger partial charge in [0.1, 0.15) is 5.82 Å². The van der Waals surface area contributed by atoms with Crippen LogP contribution in [0.25, 0.3) is 0 Å². The summed E-state index contributed by atoms with van der Waals surface area (Å²) >= 11 is 0. The lowest BCUT2D eigenvalue weighted by atomic mass is 9.92. The molecule has 1 aliphatic rings. The summed E-state index contributed by atoms with van der Waals surface area (Å²) in [5, 5.41) is 0. The number of fused-ring (bicyclic) bond motifs is 1. The highest BCUT2D eigenvalue weighted by molar-refractivity contribution is 5.22. The topological polar surface area (TPSA) is 28.7 Å². The number of hydrogen-bond donors (Lipinski definition) is 1. The van der Waals surface area contributed by atoms with Gasteiger partial charge in [0.05, 0.1) is 5.69 Å². The van der Waals surface area contributed by atoms with Gasteiger partial charge in [-0.05, 0) is 32.1 Å². The highest BCUT2D eigenvalue weighted by atomic mass is 15.0. The Morgan fingerprint density at radius 1 is 1.41 bits per heavy atom. The van der Waals surface area contributed by atoms with E-state index in [1.54, 1.807) is 0 Å². The number of unbranched alkanes of at least 4 members (excludes halogenated alkanes) is 1. The van der Waals surface area contributed by atoms with Crippen LogP contribution in [0.1, 0.15) is 88.3 Å². The first kappa shape index (κ1) is 12.7. The molecule has 0 radical (unpaired) electrons. The van der Waals surface area contributed by atoms with Crippen molar-refractivity contribution in [1.29, 1.82) is 0 Å². The molecule has 1 aliphatic carbocycles. The van der Waals surface area contributed by atoms with Crippen LogP contribution in [0.5, 0.6) is 0 Å². The van der Waals surface area contributed by atoms with Crippen LogP contribution >= 0.6 is 0 Å². The van der Waals surface area contributed by atoms with Gasteiger partial charge in [0.2, 0.25) is 0 Å². The van der Waals surface area contributed by atoms with Crippen molar-refractivity contribution in [2.45, 2.75) is 77.6 Å². The van der Waals surface area contributed by atoms with Crippen LogP contribution in [-0.4, -0.2) is 9.97 Å². The molecule has 0 saturated heterocycles. The van der Waals surface area contributed by atoms with Crippen LogP contribution in [0.2, 0.25) is 0 Å². The smallest absolute Gasteiger partial charge is 0.109 e. The lowest BCUT2D eigenvalue weighted by molar-refractivity contribution is 0.545. The number of H-pyrrole nitrogens is 1. The maximum atomic E-state index is 4.90. The third kappa shape index (κ3) is 2.72. The van der Waals surface area contributed by atoms with Crippen LogP contribution in [0, 0.1) is 0 Å². The molecule has 2 heteroatoms. The Kier molecular flexibility index (Phi) is 4.25. The number of rotatable bonds is 5. The van der Waals surface area contributed by atoms with Gasteiger partial charge in [-0.2, -0.15) is 0 Å². The maximum Gasteiger partial charge on any atom is 0.109 e. The molecule has 1 aromatic heterocycles. The molecule has 96 valence electrons. The van der Waals surface area contributed by atoms with Crippen molar-refractivity contribution in [2.24, 2.45) is 0 Å². The van der Waals surface area contributed by atoms with Crippen LogP contribution in [0.4, 0.5) is 0 Å². The number of imidazole rings is 1. The quantitative estimate of drug-likeness (QED) is 0.796. The maximum absolute atomic E-state index is 4.90. The van der Waals surface area contributed by atoms with Crippen molar-refractivity contribution >= 4 is 0 Å². The summed E-state index contributed by atoms with van der Waals surface area (Å²) in [6.07, 6.45) is 8.93. The first-order chi connectivity index (χ1) is 8.26. The second-order valence-electron chi connectivity index (χ2n) is 5.53. The highest BCUT2D eigenvalue weighted by Gasteiger charge is 2.23. The molecule has 0 saturated carbocycles. The van der Waals surface area contributed by atoms with Crippen molar-refractivity contribution < 1.29 is 0 Å². The number of hydrogen-bond acceptors (Lipinski definition) is 1. The zero-order valence-electron chi connectivity index (χ0n) is 11.6. The van der Waals surface area contributed by atoms with Crippen LogP contribution in [0.3, 0.4) is 0 Å². The van der Waals surface area contributed by atoms with Gasteiger partial charge in [-0.15, -0.1) is 0 Å². The molecular formula is C15H26N2. The van der Waals surface area contributed by atoms with E-state index in [9.17, 15) is 0 Å². The fraction of sp³-hybridized carbons (Fsp3) is 0.800. The average molecular weight is 234 g/mol. The molecule has 2 unspecified atom stereocenters. The summed E-state index contributed by atoms with van der Waals surface area (Å²) in [7, 11) is 0. The molecule has 1 N–H and O–H groups in total. The monoisotopic (exact) mass is 234 g/mol. The Morgan fingerprint density at radius 2 is 2.24 bits per heavy atom. The Balaban J connectivity index is 2.15. The molecule has 0 fully saturated rings. The average Bonchev–Trinajstić information content (AvgIpc) is 2.75. The van der Waals surface area contributed by atoms with Crippen LogP contribution < -0.4 is 0 Å². The van der Waals surface area contributed by atoms with Crippen molar-refractivity contribution in [3.8, 4) is 0 Å². The third-order valence-corrected chi connectivity index (χ3v) is 4.15. The minimum Gasteiger partial charge on any atom is -0.345 e. The Morgan fingerprint density at radius 3 is 2.88 bits per heavy atom. The third-order valence-electron chi connectivity index (χ3n) is 4.15. The first-order valence-electron chi connectivity index (χ1n) is 7.34. The van der Waals surface area contributed by atoms with Crippen LogP contribution in [-0.2, 0) is 6.42 Å². The van der Waals surface area contributed by atoms with Crippen molar-refractivity contribution in [3.63, 3.8) is 0 Å². The van der Waals surface area contributed by atoms with Crippen LogP contribution in [0.15, 0.2) is 0 Å². The number of nitrogens with one attached hydrogen (secondary N) is 1.